The summed E-state index contributed by atoms with van der Waals surface area (Å²) >= 11 is 11.8. The number of halogens is 2. The van der Waals surface area contributed by atoms with Crippen LogP contribution in [0.25, 0.3) is 0 Å². The third kappa shape index (κ3) is 6.71. The predicted octanol–water partition coefficient (Wildman–Crippen LogP) is 3.26. The smallest absolute Gasteiger partial charge is 0.253 e. The van der Waals surface area contributed by atoms with Gasteiger partial charge in [-0.15, -0.1) is 0 Å². The minimum atomic E-state index is -0.423. The molecule has 2 aromatic rings. The molecule has 1 heterocycles. The maximum atomic E-state index is 12.2. The van der Waals surface area contributed by atoms with Crippen molar-refractivity contribution in [3.05, 3.63) is 69.2 Å². The monoisotopic (exact) mass is 449 g/mol. The summed E-state index contributed by atoms with van der Waals surface area (Å²) in [6.45, 7) is 5.78. The van der Waals surface area contributed by atoms with Crippen molar-refractivity contribution in [2.45, 2.75) is 26.1 Å². The van der Waals surface area contributed by atoms with Crippen molar-refractivity contribution in [3.63, 3.8) is 0 Å². The summed E-state index contributed by atoms with van der Waals surface area (Å²) in [5.41, 5.74) is 2.48. The van der Waals surface area contributed by atoms with Crippen molar-refractivity contribution in [2.24, 2.45) is 0 Å². The summed E-state index contributed by atoms with van der Waals surface area (Å²) in [7, 11) is 0. The van der Waals surface area contributed by atoms with Crippen LogP contribution in [-0.4, -0.2) is 49.1 Å². The summed E-state index contributed by atoms with van der Waals surface area (Å²) in [6.07, 6.45) is 0.249. The number of hydrogen-bond acceptors (Lipinski definition) is 4. The molecule has 1 aliphatic heterocycles. The van der Waals surface area contributed by atoms with Crippen LogP contribution >= 0.6 is 23.2 Å². The molecule has 0 radical (unpaired) electrons. The van der Waals surface area contributed by atoms with E-state index in [9.17, 15) is 9.59 Å². The molecular weight excluding hydrogens is 425 g/mol. The third-order valence-corrected chi connectivity index (χ3v) is 5.35. The summed E-state index contributed by atoms with van der Waals surface area (Å²) in [4.78, 5) is 26.7. The summed E-state index contributed by atoms with van der Waals surface area (Å²) in [5.74, 6) is -0.700. The molecule has 1 atom stereocenters. The number of morpholine rings is 1. The second-order valence-electron chi connectivity index (χ2n) is 7.32. The number of hydrogen-bond donors (Lipinski definition) is 2. The van der Waals surface area contributed by atoms with Gasteiger partial charge in [0, 0.05) is 31.2 Å². The lowest BCUT2D eigenvalue weighted by atomic mass is 10.1. The lowest BCUT2D eigenvalue weighted by Crippen LogP contribution is -2.40. The number of nitrogens with zero attached hydrogens (tertiary/aromatic N) is 1. The number of rotatable bonds is 7. The van der Waals surface area contributed by atoms with Crippen molar-refractivity contribution in [3.8, 4) is 0 Å². The number of ether oxygens (including phenoxy) is 1. The quantitative estimate of drug-likeness (QED) is 0.680. The molecule has 1 unspecified atom stereocenters. The number of benzene rings is 2. The van der Waals surface area contributed by atoms with Crippen LogP contribution in [0.4, 0.5) is 0 Å². The van der Waals surface area contributed by atoms with Crippen LogP contribution in [0.1, 0.15) is 28.4 Å². The largest absolute Gasteiger partial charge is 0.376 e. The molecule has 0 aromatic heterocycles. The van der Waals surface area contributed by atoms with Gasteiger partial charge in [0.25, 0.3) is 5.91 Å². The van der Waals surface area contributed by atoms with Crippen LogP contribution in [0.3, 0.4) is 0 Å². The molecule has 1 aliphatic rings. The van der Waals surface area contributed by atoms with Gasteiger partial charge in [0.15, 0.2) is 0 Å². The van der Waals surface area contributed by atoms with Crippen LogP contribution < -0.4 is 10.6 Å². The first-order valence-corrected chi connectivity index (χ1v) is 10.6. The Hall–Kier alpha value is -2.12. The van der Waals surface area contributed by atoms with Gasteiger partial charge in [-0.05, 0) is 36.2 Å². The summed E-state index contributed by atoms with van der Waals surface area (Å²) < 4.78 is 5.58. The van der Waals surface area contributed by atoms with Gasteiger partial charge in [0.05, 0.1) is 29.8 Å². The molecule has 0 bridgehead atoms. The maximum absolute atomic E-state index is 12.2. The highest BCUT2D eigenvalue weighted by atomic mass is 35.5. The Kier molecular flexibility index (Phi) is 8.10. The van der Waals surface area contributed by atoms with E-state index in [1.807, 2.05) is 12.1 Å². The standard InChI is InChI=1S/C22H25Cl2N3O3/c1-15-13-27(7-8-30-15)14-17-4-2-3-16(9-17)11-25-21(28)12-26-22(29)19-6-5-18(23)10-20(19)24/h2-6,9-10,15H,7-8,11-14H2,1H3,(H,25,28)(H,26,29). The molecule has 2 aromatic carbocycles. The van der Waals surface area contributed by atoms with Crippen LogP contribution in [0, 0.1) is 0 Å². The molecule has 0 aliphatic carbocycles. The molecule has 2 amide bonds. The second-order valence-corrected chi connectivity index (χ2v) is 8.16. The Labute approximate surface area is 186 Å². The van der Waals surface area contributed by atoms with Crippen molar-refractivity contribution < 1.29 is 14.3 Å². The topological polar surface area (TPSA) is 70.7 Å². The van der Waals surface area contributed by atoms with Gasteiger partial charge in [-0.3, -0.25) is 14.5 Å². The average Bonchev–Trinajstić information content (AvgIpc) is 2.71. The second kappa shape index (κ2) is 10.8. The zero-order valence-electron chi connectivity index (χ0n) is 16.8. The van der Waals surface area contributed by atoms with Crippen molar-refractivity contribution in [2.75, 3.05) is 26.2 Å². The van der Waals surface area contributed by atoms with Gasteiger partial charge in [-0.2, -0.15) is 0 Å². The number of carbonyl (C=O) groups is 2. The predicted molar refractivity (Wildman–Crippen MR) is 118 cm³/mol. The Bertz CT molecular complexity index is 907. The Morgan fingerprint density at radius 1 is 1.13 bits per heavy atom. The van der Waals surface area contributed by atoms with Crippen LogP contribution in [0.5, 0.6) is 0 Å². The van der Waals surface area contributed by atoms with Gasteiger partial charge in [-0.1, -0.05) is 47.5 Å². The molecular formula is C22H25Cl2N3O3. The molecule has 6 nitrogen and oxygen atoms in total. The Balaban J connectivity index is 1.45. The zero-order chi connectivity index (χ0) is 21.5. The van der Waals surface area contributed by atoms with Crippen molar-refractivity contribution >= 4 is 35.0 Å². The highest BCUT2D eigenvalue weighted by Crippen LogP contribution is 2.20. The molecule has 1 saturated heterocycles. The summed E-state index contributed by atoms with van der Waals surface area (Å²) in [5, 5.41) is 6.08. The molecule has 0 spiro atoms. The molecule has 8 heteroatoms. The number of nitrogens with one attached hydrogen (secondary N) is 2. The number of carbonyl (C=O) groups excluding carboxylic acids is 2. The lowest BCUT2D eigenvalue weighted by molar-refractivity contribution is -0.120. The first kappa shape index (κ1) is 22.6. The van der Waals surface area contributed by atoms with E-state index in [2.05, 4.69) is 34.6 Å². The van der Waals surface area contributed by atoms with E-state index in [0.717, 1.165) is 31.8 Å². The molecule has 160 valence electrons. The Morgan fingerprint density at radius 2 is 1.93 bits per heavy atom. The van der Waals surface area contributed by atoms with E-state index in [4.69, 9.17) is 27.9 Å². The average molecular weight is 450 g/mol. The van der Waals surface area contributed by atoms with Gasteiger partial charge in [-0.25, -0.2) is 0 Å². The van der Waals surface area contributed by atoms with Gasteiger partial charge < -0.3 is 15.4 Å². The van der Waals surface area contributed by atoms with Crippen molar-refractivity contribution in [1.82, 2.24) is 15.5 Å². The Morgan fingerprint density at radius 3 is 2.70 bits per heavy atom. The fraction of sp³-hybridized carbons (Fsp3) is 0.364. The lowest BCUT2D eigenvalue weighted by Gasteiger charge is -2.31. The van der Waals surface area contributed by atoms with Gasteiger partial charge in [0.2, 0.25) is 5.91 Å². The van der Waals surface area contributed by atoms with Crippen LogP contribution in [-0.2, 0) is 22.6 Å². The first-order valence-electron chi connectivity index (χ1n) is 9.82. The SMILES string of the molecule is CC1CN(Cc2cccc(CNC(=O)CNC(=O)c3ccc(Cl)cc3Cl)c2)CCO1. The van der Waals surface area contributed by atoms with E-state index in [1.54, 1.807) is 6.07 Å². The minimum absolute atomic E-state index is 0.136. The van der Waals surface area contributed by atoms with E-state index >= 15 is 0 Å². The van der Waals surface area contributed by atoms with Gasteiger partial charge in [0.1, 0.15) is 0 Å². The van der Waals surface area contributed by atoms with E-state index < -0.39 is 5.91 Å². The van der Waals surface area contributed by atoms with Crippen LogP contribution in [0.15, 0.2) is 42.5 Å². The van der Waals surface area contributed by atoms with Crippen LogP contribution in [0.2, 0.25) is 10.0 Å². The van der Waals surface area contributed by atoms with Crippen molar-refractivity contribution in [1.29, 1.82) is 0 Å². The van der Waals surface area contributed by atoms with E-state index in [-0.39, 0.29) is 29.1 Å². The molecule has 0 saturated carbocycles. The number of amides is 2. The van der Waals surface area contributed by atoms with Gasteiger partial charge >= 0.3 is 0 Å². The fourth-order valence-corrected chi connectivity index (χ4v) is 3.82. The highest BCUT2D eigenvalue weighted by molar-refractivity contribution is 6.36. The molecule has 3 rings (SSSR count). The molecule has 2 N–H and O–H groups in total. The molecule has 1 fully saturated rings. The first-order chi connectivity index (χ1) is 14.4. The van der Waals surface area contributed by atoms with E-state index in [0.29, 0.717) is 11.6 Å². The summed E-state index contributed by atoms with van der Waals surface area (Å²) in [6, 6.07) is 12.7. The molecule has 30 heavy (non-hydrogen) atoms. The maximum Gasteiger partial charge on any atom is 0.253 e. The normalized spacial score (nSPS) is 16.8. The fourth-order valence-electron chi connectivity index (χ4n) is 3.32. The highest BCUT2D eigenvalue weighted by Gasteiger charge is 2.17. The minimum Gasteiger partial charge on any atom is -0.376 e. The van der Waals surface area contributed by atoms with E-state index in [1.165, 1.54) is 17.7 Å². The zero-order valence-corrected chi connectivity index (χ0v) is 18.3. The third-order valence-electron chi connectivity index (χ3n) is 4.80.